The number of nitrogens with zero attached hydrogens (tertiary/aromatic N) is 4. The molecule has 6 nitrogen and oxygen atoms in total. The Balaban J connectivity index is 1.80. The summed E-state index contributed by atoms with van der Waals surface area (Å²) in [5.74, 6) is 0.215. The van der Waals surface area contributed by atoms with E-state index < -0.39 is 0 Å². The molecular formula is C15H14BrN5O. The number of carbonyl (C=O) groups excluding carboxylic acids is 1. The summed E-state index contributed by atoms with van der Waals surface area (Å²) in [5, 5.41) is 7.09. The van der Waals surface area contributed by atoms with Gasteiger partial charge < -0.3 is 5.32 Å². The van der Waals surface area contributed by atoms with Crippen LogP contribution in [0.5, 0.6) is 0 Å². The topological polar surface area (TPSA) is 72.2 Å². The smallest absolute Gasteiger partial charge is 0.291 e. The number of hydrogen-bond acceptors (Lipinski definition) is 4. The molecule has 1 amide bonds. The van der Waals surface area contributed by atoms with Crippen molar-refractivity contribution in [1.82, 2.24) is 24.9 Å². The van der Waals surface area contributed by atoms with Gasteiger partial charge in [0, 0.05) is 16.4 Å². The second-order valence-corrected chi connectivity index (χ2v) is 5.90. The summed E-state index contributed by atoms with van der Waals surface area (Å²) in [5.41, 5.74) is 1.88. The molecule has 0 aliphatic rings. The van der Waals surface area contributed by atoms with Gasteiger partial charge in [0.05, 0.1) is 6.04 Å². The number of benzene rings is 1. The highest BCUT2D eigenvalue weighted by atomic mass is 79.9. The summed E-state index contributed by atoms with van der Waals surface area (Å²) in [6.45, 7) is 3.80. The van der Waals surface area contributed by atoms with Gasteiger partial charge in [-0.25, -0.2) is 9.50 Å². The monoisotopic (exact) mass is 359 g/mol. The predicted molar refractivity (Wildman–Crippen MR) is 85.5 cm³/mol. The summed E-state index contributed by atoms with van der Waals surface area (Å²) < 4.78 is 2.55. The Kier molecular flexibility index (Phi) is 3.89. The van der Waals surface area contributed by atoms with Crippen molar-refractivity contribution >= 4 is 27.6 Å². The van der Waals surface area contributed by atoms with Crippen molar-refractivity contribution in [3.8, 4) is 0 Å². The van der Waals surface area contributed by atoms with Crippen LogP contribution >= 0.6 is 15.9 Å². The Hall–Kier alpha value is -2.28. The molecule has 1 unspecified atom stereocenters. The fourth-order valence-electron chi connectivity index (χ4n) is 2.10. The first-order valence-electron chi connectivity index (χ1n) is 6.79. The number of aromatic nitrogens is 4. The van der Waals surface area contributed by atoms with E-state index in [4.69, 9.17) is 0 Å². The average molecular weight is 360 g/mol. The number of carbonyl (C=O) groups is 1. The number of hydrogen-bond donors (Lipinski definition) is 1. The molecule has 2 aromatic heterocycles. The highest BCUT2D eigenvalue weighted by Crippen LogP contribution is 2.16. The molecule has 7 heteroatoms. The molecule has 0 spiro atoms. The highest BCUT2D eigenvalue weighted by molar-refractivity contribution is 9.10. The molecule has 3 rings (SSSR count). The van der Waals surface area contributed by atoms with Crippen LogP contribution in [-0.4, -0.2) is 25.5 Å². The first-order chi connectivity index (χ1) is 10.5. The van der Waals surface area contributed by atoms with Crippen molar-refractivity contribution in [3.63, 3.8) is 0 Å². The molecule has 0 saturated carbocycles. The van der Waals surface area contributed by atoms with E-state index in [1.807, 2.05) is 44.2 Å². The lowest BCUT2D eigenvalue weighted by Gasteiger charge is -2.12. The first-order valence-corrected chi connectivity index (χ1v) is 7.58. The van der Waals surface area contributed by atoms with Gasteiger partial charge in [-0.3, -0.25) is 4.79 Å². The van der Waals surface area contributed by atoms with Gasteiger partial charge in [-0.15, -0.1) is 5.10 Å². The van der Waals surface area contributed by atoms with Crippen molar-refractivity contribution < 1.29 is 4.79 Å². The van der Waals surface area contributed by atoms with Crippen LogP contribution in [-0.2, 0) is 0 Å². The Morgan fingerprint density at radius 2 is 2.00 bits per heavy atom. The molecule has 112 valence electrons. The minimum absolute atomic E-state index is 0.116. The summed E-state index contributed by atoms with van der Waals surface area (Å²) in [6, 6.07) is 9.47. The van der Waals surface area contributed by atoms with E-state index in [0.717, 1.165) is 15.7 Å². The van der Waals surface area contributed by atoms with Crippen molar-refractivity contribution in [3.05, 3.63) is 58.1 Å². The molecule has 0 saturated heterocycles. The van der Waals surface area contributed by atoms with E-state index in [0.29, 0.717) is 5.78 Å². The normalized spacial score (nSPS) is 12.3. The largest absolute Gasteiger partial charge is 0.343 e. The second-order valence-electron chi connectivity index (χ2n) is 4.98. The maximum Gasteiger partial charge on any atom is 0.291 e. The molecule has 1 atom stereocenters. The third-order valence-corrected chi connectivity index (χ3v) is 3.88. The highest BCUT2D eigenvalue weighted by Gasteiger charge is 2.17. The third kappa shape index (κ3) is 2.85. The minimum Gasteiger partial charge on any atom is -0.343 e. The number of aryl methyl sites for hydroxylation is 1. The van der Waals surface area contributed by atoms with Crippen LogP contribution in [0, 0.1) is 6.92 Å². The molecule has 3 aromatic rings. The van der Waals surface area contributed by atoms with Crippen molar-refractivity contribution in [2.45, 2.75) is 19.9 Å². The molecule has 1 aromatic carbocycles. The molecule has 0 bridgehead atoms. The maximum absolute atomic E-state index is 12.3. The van der Waals surface area contributed by atoms with Gasteiger partial charge in [-0.05, 0) is 37.6 Å². The standard InChI is InChI=1S/C15H14BrN5O/c1-9-7-8-17-15-19-13(20-21(9)15)14(22)18-10(2)11-3-5-12(16)6-4-11/h3-8,10H,1-2H3,(H,18,22). The Labute approximate surface area is 135 Å². The number of amides is 1. The van der Waals surface area contributed by atoms with E-state index in [2.05, 4.69) is 36.3 Å². The van der Waals surface area contributed by atoms with Crippen molar-refractivity contribution in [2.24, 2.45) is 0 Å². The summed E-state index contributed by atoms with van der Waals surface area (Å²) >= 11 is 3.39. The zero-order valence-corrected chi connectivity index (χ0v) is 13.7. The lowest BCUT2D eigenvalue weighted by atomic mass is 10.1. The van der Waals surface area contributed by atoms with Gasteiger partial charge >= 0.3 is 0 Å². The SMILES string of the molecule is Cc1ccnc2nc(C(=O)NC(C)c3ccc(Br)cc3)nn12. The van der Waals surface area contributed by atoms with E-state index >= 15 is 0 Å². The van der Waals surface area contributed by atoms with E-state index in [1.165, 1.54) is 0 Å². The third-order valence-electron chi connectivity index (χ3n) is 3.35. The second kappa shape index (κ2) is 5.84. The Morgan fingerprint density at radius 3 is 2.68 bits per heavy atom. The molecular weight excluding hydrogens is 346 g/mol. The number of rotatable bonds is 3. The number of halogens is 1. The quantitative estimate of drug-likeness (QED) is 0.780. The van der Waals surface area contributed by atoms with Gasteiger partial charge in [-0.2, -0.15) is 4.98 Å². The van der Waals surface area contributed by atoms with Crippen LogP contribution in [0.4, 0.5) is 0 Å². The van der Waals surface area contributed by atoms with Gasteiger partial charge in [0.25, 0.3) is 11.7 Å². The fraction of sp³-hybridized carbons (Fsp3) is 0.200. The van der Waals surface area contributed by atoms with Crippen LogP contribution in [0.2, 0.25) is 0 Å². The lowest BCUT2D eigenvalue weighted by molar-refractivity contribution is 0.0929. The van der Waals surface area contributed by atoms with Crippen LogP contribution < -0.4 is 5.32 Å². The molecule has 1 N–H and O–H groups in total. The van der Waals surface area contributed by atoms with E-state index in [-0.39, 0.29) is 17.8 Å². The number of fused-ring (bicyclic) bond motifs is 1. The van der Waals surface area contributed by atoms with Crippen molar-refractivity contribution in [2.75, 3.05) is 0 Å². The number of nitrogens with one attached hydrogen (secondary N) is 1. The Bertz CT molecular complexity index is 828. The van der Waals surface area contributed by atoms with Crippen molar-refractivity contribution in [1.29, 1.82) is 0 Å². The molecule has 0 radical (unpaired) electrons. The molecule has 22 heavy (non-hydrogen) atoms. The average Bonchev–Trinajstić information content (AvgIpc) is 2.93. The van der Waals surface area contributed by atoms with Gasteiger partial charge in [0.1, 0.15) is 0 Å². The predicted octanol–water partition coefficient (Wildman–Crippen LogP) is 2.69. The zero-order valence-electron chi connectivity index (χ0n) is 12.1. The summed E-state index contributed by atoms with van der Waals surface area (Å²) in [4.78, 5) is 20.5. The lowest BCUT2D eigenvalue weighted by Crippen LogP contribution is -2.27. The van der Waals surface area contributed by atoms with Gasteiger partial charge in [-0.1, -0.05) is 28.1 Å². The molecule has 0 aliphatic heterocycles. The van der Waals surface area contributed by atoms with Crippen LogP contribution in [0.3, 0.4) is 0 Å². The van der Waals surface area contributed by atoms with Crippen LogP contribution in [0.1, 0.15) is 34.8 Å². The van der Waals surface area contributed by atoms with Crippen LogP contribution in [0.15, 0.2) is 41.0 Å². The maximum atomic E-state index is 12.3. The van der Waals surface area contributed by atoms with E-state index in [1.54, 1.807) is 10.7 Å². The van der Waals surface area contributed by atoms with Gasteiger partial charge in [0.15, 0.2) is 0 Å². The van der Waals surface area contributed by atoms with Crippen LogP contribution in [0.25, 0.3) is 5.78 Å². The van der Waals surface area contributed by atoms with Gasteiger partial charge in [0.2, 0.25) is 5.82 Å². The molecule has 0 aliphatic carbocycles. The summed E-state index contributed by atoms with van der Waals surface area (Å²) in [6.07, 6.45) is 1.64. The first kappa shape index (κ1) is 14.6. The Morgan fingerprint density at radius 1 is 1.27 bits per heavy atom. The molecule has 2 heterocycles. The van der Waals surface area contributed by atoms with E-state index in [9.17, 15) is 4.79 Å². The zero-order chi connectivity index (χ0) is 15.7. The minimum atomic E-state index is -0.319. The summed E-state index contributed by atoms with van der Waals surface area (Å²) in [7, 11) is 0. The fourth-order valence-corrected chi connectivity index (χ4v) is 2.36. The molecule has 0 fully saturated rings.